The molecule has 37 heavy (non-hydrogen) atoms. The highest BCUT2D eigenvalue weighted by atomic mass is 31.2. The molecule has 0 bridgehead atoms. The molecule has 2 heterocycles. The van der Waals surface area contributed by atoms with Crippen LogP contribution in [0.1, 0.15) is 0 Å². The Bertz CT molecular complexity index is 743. The fourth-order valence-corrected chi connectivity index (χ4v) is 4.10. The third-order valence-electron chi connectivity index (χ3n) is 5.42. The van der Waals surface area contributed by atoms with Crippen LogP contribution in [0.4, 0.5) is 0 Å². The maximum Gasteiger partial charge on any atom is 0.472 e. The van der Waals surface area contributed by atoms with Crippen LogP contribution in [-0.2, 0) is 37.4 Å². The van der Waals surface area contributed by atoms with Gasteiger partial charge in [-0.2, -0.15) is 0 Å². The van der Waals surface area contributed by atoms with Crippen molar-refractivity contribution in [2.24, 2.45) is 0 Å². The van der Waals surface area contributed by atoms with E-state index in [1.807, 2.05) is 0 Å². The van der Waals surface area contributed by atoms with Gasteiger partial charge in [0.15, 0.2) is 18.9 Å². The molecule has 0 saturated carbocycles. The van der Waals surface area contributed by atoms with Crippen LogP contribution < -0.4 is 0 Å². The van der Waals surface area contributed by atoms with Crippen LogP contribution in [0.5, 0.6) is 0 Å². The first kappa shape index (κ1) is 32.5. The Morgan fingerprint density at radius 1 is 0.838 bits per heavy atom. The van der Waals surface area contributed by atoms with E-state index < -0.39 is 114 Å². The van der Waals surface area contributed by atoms with Gasteiger partial charge in [0.2, 0.25) is 0 Å². The van der Waals surface area contributed by atoms with Gasteiger partial charge < -0.3 is 74.6 Å². The van der Waals surface area contributed by atoms with E-state index in [1.54, 1.807) is 0 Å². The lowest BCUT2D eigenvalue weighted by molar-refractivity contribution is -0.367. The number of hydrogen-bond donors (Lipinski definition) is 10. The molecule has 18 nitrogen and oxygen atoms in total. The Balaban J connectivity index is 2.12. The Kier molecular flexibility index (Phi) is 12.8. The number of carbonyl (C=O) groups is 1. The minimum atomic E-state index is -4.84. The summed E-state index contributed by atoms with van der Waals surface area (Å²) in [7, 11) is -4.84. The number of aliphatic hydroxyl groups is 9. The minimum absolute atomic E-state index is 0.137. The first-order valence-corrected chi connectivity index (χ1v) is 12.5. The number of phosphoric acid groups is 1. The van der Waals surface area contributed by atoms with Crippen molar-refractivity contribution in [1.82, 2.24) is 0 Å². The monoisotopic (exact) mass is 568 g/mol. The van der Waals surface area contributed by atoms with Crippen molar-refractivity contribution in [2.75, 3.05) is 33.0 Å². The number of hydrogen-bond acceptors (Lipinski definition) is 17. The highest BCUT2D eigenvalue weighted by Gasteiger charge is 2.51. The van der Waals surface area contributed by atoms with Gasteiger partial charge >= 0.3 is 7.82 Å². The predicted octanol–water partition coefficient (Wildman–Crippen LogP) is -6.32. The first-order valence-electron chi connectivity index (χ1n) is 11.0. The summed E-state index contributed by atoms with van der Waals surface area (Å²) in [6.07, 6.45) is -20.7. The summed E-state index contributed by atoms with van der Waals surface area (Å²) in [5.41, 5.74) is 0. The largest absolute Gasteiger partial charge is 0.472 e. The quantitative estimate of drug-likeness (QED) is 0.0688. The smallest absolute Gasteiger partial charge is 0.394 e. The summed E-state index contributed by atoms with van der Waals surface area (Å²) in [5, 5.41) is 88.1. The highest BCUT2D eigenvalue weighted by molar-refractivity contribution is 7.47. The topological polar surface area (TPSA) is 292 Å². The summed E-state index contributed by atoms with van der Waals surface area (Å²) in [5.74, 6) is 0. The fourth-order valence-electron chi connectivity index (χ4n) is 3.33. The molecule has 2 rings (SSSR count). The average Bonchev–Trinajstić information content (AvgIpc) is 2.88. The van der Waals surface area contributed by atoms with Gasteiger partial charge in [0.05, 0.1) is 33.0 Å². The molecule has 0 aliphatic carbocycles. The molecule has 0 aromatic carbocycles. The van der Waals surface area contributed by atoms with Gasteiger partial charge in [-0.3, -0.25) is 9.05 Å². The second-order valence-electron chi connectivity index (χ2n) is 8.26. The van der Waals surface area contributed by atoms with Gasteiger partial charge in [0.1, 0.15) is 61.0 Å². The highest BCUT2D eigenvalue weighted by Crippen LogP contribution is 2.44. The standard InChI is InChI=1S/C18H33O18P/c19-1-7(22)4-31-18-16(14(27)11(24)9(3-21)34-18)36-17-15(28)13(26)12(25)10(35-17)6-33-37(29,30)32-5-8(23)2-20/h1,7-18,20-28H,2-6H2,(H,29,30)/t7-,8?,9-,10-,11-,12-,13+,14+,15-,16-,17-,18+/m1/s1. The first-order chi connectivity index (χ1) is 17.3. The number of aliphatic hydroxyl groups excluding tert-OH is 9. The molecule has 2 saturated heterocycles. The average molecular weight is 568 g/mol. The SMILES string of the molecule is O=C[C@@H](O)CO[C@H]1O[C@H](CO)[C@@H](O)[C@H](O)[C@H]1O[C@H]1O[C@H](COP(=O)(O)OCC(O)CO)[C@@H](O)[C@H](O)[C@H]1O. The van der Waals surface area contributed by atoms with Crippen molar-refractivity contribution in [3.8, 4) is 0 Å². The van der Waals surface area contributed by atoms with Gasteiger partial charge in [-0.25, -0.2) is 4.57 Å². The molecule has 0 radical (unpaired) electrons. The second kappa shape index (κ2) is 14.6. The molecule has 0 aromatic heterocycles. The molecule has 0 aromatic rings. The van der Waals surface area contributed by atoms with E-state index in [9.17, 15) is 55.1 Å². The Hall–Kier alpha value is -0.740. The van der Waals surface area contributed by atoms with Gasteiger partial charge in [-0.15, -0.1) is 0 Å². The number of carbonyl (C=O) groups excluding carboxylic acids is 1. The summed E-state index contributed by atoms with van der Waals surface area (Å²) in [6, 6.07) is 0. The summed E-state index contributed by atoms with van der Waals surface area (Å²) >= 11 is 0. The zero-order valence-electron chi connectivity index (χ0n) is 19.2. The molecule has 0 spiro atoms. The molecule has 2 unspecified atom stereocenters. The third-order valence-corrected chi connectivity index (χ3v) is 6.37. The summed E-state index contributed by atoms with van der Waals surface area (Å²) < 4.78 is 42.3. The van der Waals surface area contributed by atoms with Gasteiger partial charge in [0, 0.05) is 0 Å². The van der Waals surface area contributed by atoms with E-state index in [0.717, 1.165) is 0 Å². The Labute approximate surface area is 209 Å². The predicted molar refractivity (Wildman–Crippen MR) is 112 cm³/mol. The fraction of sp³-hybridized carbons (Fsp3) is 0.944. The number of rotatable bonds is 14. The van der Waals surface area contributed by atoms with Crippen molar-refractivity contribution in [2.45, 2.75) is 73.6 Å². The number of ether oxygens (including phenoxy) is 4. The van der Waals surface area contributed by atoms with Crippen molar-refractivity contribution < 1.29 is 88.2 Å². The lowest BCUT2D eigenvalue weighted by atomic mass is 9.97. The minimum Gasteiger partial charge on any atom is -0.394 e. The van der Waals surface area contributed by atoms with E-state index in [2.05, 4.69) is 9.05 Å². The molecule has 0 amide bonds. The molecule has 13 atom stereocenters. The maximum atomic E-state index is 11.9. The summed E-state index contributed by atoms with van der Waals surface area (Å²) in [4.78, 5) is 20.3. The van der Waals surface area contributed by atoms with Crippen LogP contribution in [0.15, 0.2) is 0 Å². The van der Waals surface area contributed by atoms with Crippen molar-refractivity contribution in [3.05, 3.63) is 0 Å². The van der Waals surface area contributed by atoms with E-state index in [4.69, 9.17) is 24.1 Å². The molecule has 19 heteroatoms. The number of aldehydes is 1. The lowest BCUT2D eigenvalue weighted by Crippen LogP contribution is -2.64. The Morgan fingerprint density at radius 3 is 2.05 bits per heavy atom. The molecule has 218 valence electrons. The van der Waals surface area contributed by atoms with Crippen LogP contribution in [0, 0.1) is 0 Å². The van der Waals surface area contributed by atoms with E-state index in [0.29, 0.717) is 0 Å². The van der Waals surface area contributed by atoms with Gasteiger partial charge in [-0.05, 0) is 0 Å². The van der Waals surface area contributed by atoms with Crippen LogP contribution in [-0.4, -0.2) is 164 Å². The van der Waals surface area contributed by atoms with E-state index in [-0.39, 0.29) is 6.29 Å². The number of phosphoric ester groups is 1. The zero-order valence-corrected chi connectivity index (χ0v) is 20.1. The molecular formula is C18H33O18P. The van der Waals surface area contributed by atoms with E-state index >= 15 is 0 Å². The van der Waals surface area contributed by atoms with Crippen molar-refractivity contribution in [1.29, 1.82) is 0 Å². The molecule has 2 aliphatic rings. The van der Waals surface area contributed by atoms with Crippen molar-refractivity contribution in [3.63, 3.8) is 0 Å². The molecular weight excluding hydrogens is 535 g/mol. The Morgan fingerprint density at radius 2 is 1.46 bits per heavy atom. The lowest BCUT2D eigenvalue weighted by Gasteiger charge is -2.46. The van der Waals surface area contributed by atoms with Crippen molar-refractivity contribution >= 4 is 14.1 Å². The van der Waals surface area contributed by atoms with Crippen LogP contribution in [0.25, 0.3) is 0 Å². The molecule has 2 fully saturated rings. The molecule has 2 aliphatic heterocycles. The maximum absolute atomic E-state index is 11.9. The van der Waals surface area contributed by atoms with Crippen LogP contribution in [0.3, 0.4) is 0 Å². The normalized spacial score (nSPS) is 40.1. The van der Waals surface area contributed by atoms with Crippen LogP contribution >= 0.6 is 7.82 Å². The third kappa shape index (κ3) is 8.88. The van der Waals surface area contributed by atoms with Crippen LogP contribution in [0.2, 0.25) is 0 Å². The molecule has 10 N–H and O–H groups in total. The van der Waals surface area contributed by atoms with E-state index in [1.165, 1.54) is 0 Å². The summed E-state index contributed by atoms with van der Waals surface area (Å²) in [6.45, 7) is -3.89. The second-order valence-corrected chi connectivity index (χ2v) is 9.71. The van der Waals surface area contributed by atoms with Gasteiger partial charge in [-0.1, -0.05) is 0 Å². The zero-order chi connectivity index (χ0) is 27.9. The van der Waals surface area contributed by atoms with Gasteiger partial charge in [0.25, 0.3) is 0 Å².